The zero-order valence-corrected chi connectivity index (χ0v) is 13.3. The number of anilines is 1. The van der Waals surface area contributed by atoms with Crippen LogP contribution in [0.3, 0.4) is 0 Å². The molecule has 0 bridgehead atoms. The Morgan fingerprint density at radius 3 is 2.95 bits per heavy atom. The van der Waals surface area contributed by atoms with Crippen LogP contribution < -0.4 is 5.32 Å². The van der Waals surface area contributed by atoms with Crippen LogP contribution in [-0.4, -0.2) is 48.1 Å². The van der Waals surface area contributed by atoms with Crippen molar-refractivity contribution in [2.45, 2.75) is 12.0 Å². The van der Waals surface area contributed by atoms with Gasteiger partial charge in [0, 0.05) is 31.1 Å². The maximum absolute atomic E-state index is 12.8. The molecule has 1 atom stereocenters. The van der Waals surface area contributed by atoms with Crippen LogP contribution in [0.5, 0.6) is 0 Å². The van der Waals surface area contributed by atoms with E-state index >= 15 is 0 Å². The van der Waals surface area contributed by atoms with Gasteiger partial charge in [-0.3, -0.25) is 10.1 Å². The van der Waals surface area contributed by atoms with E-state index < -0.39 is 5.60 Å². The molecule has 1 aromatic heterocycles. The van der Waals surface area contributed by atoms with E-state index in [0.29, 0.717) is 24.7 Å². The van der Waals surface area contributed by atoms with Crippen LogP contribution in [0.2, 0.25) is 0 Å². The van der Waals surface area contributed by atoms with Gasteiger partial charge in [0.05, 0.1) is 6.61 Å². The van der Waals surface area contributed by atoms with Crippen molar-refractivity contribution >= 4 is 22.4 Å². The summed E-state index contributed by atoms with van der Waals surface area (Å²) in [6.45, 7) is 1.95. The van der Waals surface area contributed by atoms with Crippen molar-refractivity contribution in [2.24, 2.45) is 0 Å². The molecule has 0 saturated carbocycles. The molecule has 2 aromatic rings. The normalized spacial score (nSPS) is 22.4. The zero-order chi connectivity index (χ0) is 15.4. The Balaban J connectivity index is 1.83. The Bertz CT molecular complexity index is 618. The summed E-state index contributed by atoms with van der Waals surface area (Å²) in [6.07, 6.45) is 2.23. The van der Waals surface area contributed by atoms with E-state index in [9.17, 15) is 4.79 Å². The second-order valence-corrected chi connectivity index (χ2v) is 6.43. The summed E-state index contributed by atoms with van der Waals surface area (Å²) in [5.74, 6) is -0.127. The fourth-order valence-corrected chi connectivity index (χ4v) is 3.23. The van der Waals surface area contributed by atoms with Gasteiger partial charge in [-0.25, -0.2) is 4.98 Å². The SMILES string of the molecule is CN1CCOC(Cc2ccccc2)(C(=O)Nc2nccs2)C1. The highest BCUT2D eigenvalue weighted by atomic mass is 32.1. The Hall–Kier alpha value is -1.76. The quantitative estimate of drug-likeness (QED) is 0.937. The topological polar surface area (TPSA) is 54.5 Å². The van der Waals surface area contributed by atoms with Gasteiger partial charge in [-0.2, -0.15) is 0 Å². The number of carbonyl (C=O) groups is 1. The van der Waals surface area contributed by atoms with Crippen molar-refractivity contribution in [1.82, 2.24) is 9.88 Å². The molecule has 1 amide bonds. The molecule has 22 heavy (non-hydrogen) atoms. The van der Waals surface area contributed by atoms with Gasteiger partial charge in [-0.15, -0.1) is 11.3 Å². The van der Waals surface area contributed by atoms with E-state index in [-0.39, 0.29) is 5.91 Å². The smallest absolute Gasteiger partial charge is 0.260 e. The average Bonchev–Trinajstić information content (AvgIpc) is 3.01. The van der Waals surface area contributed by atoms with Gasteiger partial charge in [0.15, 0.2) is 10.7 Å². The molecular weight excluding hydrogens is 298 g/mol. The van der Waals surface area contributed by atoms with Crippen LogP contribution in [0.25, 0.3) is 0 Å². The molecule has 1 saturated heterocycles. The predicted molar refractivity (Wildman–Crippen MR) is 87.1 cm³/mol. The maximum Gasteiger partial charge on any atom is 0.260 e. The van der Waals surface area contributed by atoms with Gasteiger partial charge in [0.1, 0.15) is 0 Å². The zero-order valence-electron chi connectivity index (χ0n) is 12.5. The molecule has 5 nitrogen and oxygen atoms in total. The van der Waals surface area contributed by atoms with Crippen LogP contribution in [0, 0.1) is 0 Å². The lowest BCUT2D eigenvalue weighted by molar-refractivity contribution is -0.153. The Kier molecular flexibility index (Phi) is 4.52. The summed E-state index contributed by atoms with van der Waals surface area (Å²) in [6, 6.07) is 9.98. The van der Waals surface area contributed by atoms with Crippen molar-refractivity contribution < 1.29 is 9.53 Å². The largest absolute Gasteiger partial charge is 0.362 e. The van der Waals surface area contributed by atoms with Crippen molar-refractivity contribution in [1.29, 1.82) is 0 Å². The molecule has 0 radical (unpaired) electrons. The molecule has 1 N–H and O–H groups in total. The molecule has 1 fully saturated rings. The van der Waals surface area contributed by atoms with E-state index in [1.165, 1.54) is 11.3 Å². The fraction of sp³-hybridized carbons (Fsp3) is 0.375. The van der Waals surface area contributed by atoms with Crippen LogP contribution in [0.1, 0.15) is 5.56 Å². The van der Waals surface area contributed by atoms with Gasteiger partial charge in [-0.05, 0) is 12.6 Å². The van der Waals surface area contributed by atoms with E-state index in [4.69, 9.17) is 4.74 Å². The number of amides is 1. The fourth-order valence-electron chi connectivity index (χ4n) is 2.70. The van der Waals surface area contributed by atoms with Gasteiger partial charge >= 0.3 is 0 Å². The van der Waals surface area contributed by atoms with Gasteiger partial charge < -0.3 is 9.64 Å². The maximum atomic E-state index is 12.8. The minimum absolute atomic E-state index is 0.127. The first-order valence-electron chi connectivity index (χ1n) is 7.25. The molecule has 1 aromatic carbocycles. The van der Waals surface area contributed by atoms with Gasteiger partial charge in [0.2, 0.25) is 0 Å². The van der Waals surface area contributed by atoms with Crippen molar-refractivity contribution in [3.63, 3.8) is 0 Å². The standard InChI is InChI=1S/C16H19N3O2S/c1-19-8-9-21-16(12-19,11-13-5-3-2-4-6-13)14(20)18-15-17-7-10-22-15/h2-7,10H,8-9,11-12H2,1H3,(H,17,18,20). The number of benzene rings is 1. The van der Waals surface area contributed by atoms with Crippen molar-refractivity contribution in [3.8, 4) is 0 Å². The lowest BCUT2D eigenvalue weighted by Gasteiger charge is -2.40. The second-order valence-electron chi connectivity index (χ2n) is 5.53. The number of thiazole rings is 1. The number of nitrogens with one attached hydrogen (secondary N) is 1. The number of hydrogen-bond donors (Lipinski definition) is 1. The summed E-state index contributed by atoms with van der Waals surface area (Å²) >= 11 is 1.41. The van der Waals surface area contributed by atoms with Gasteiger partial charge in [-0.1, -0.05) is 30.3 Å². The first kappa shape index (κ1) is 15.1. The monoisotopic (exact) mass is 317 g/mol. The predicted octanol–water partition coefficient (Wildman–Crippen LogP) is 2.03. The minimum Gasteiger partial charge on any atom is -0.362 e. The number of aromatic nitrogens is 1. The van der Waals surface area contributed by atoms with Crippen molar-refractivity contribution in [3.05, 3.63) is 47.5 Å². The van der Waals surface area contributed by atoms with E-state index in [2.05, 4.69) is 15.2 Å². The van der Waals surface area contributed by atoms with E-state index in [0.717, 1.165) is 12.1 Å². The molecule has 3 rings (SSSR count). The number of likely N-dealkylation sites (N-methyl/N-ethyl adjacent to an activating group) is 1. The summed E-state index contributed by atoms with van der Waals surface area (Å²) in [7, 11) is 2.01. The molecule has 1 aliphatic rings. The first-order valence-corrected chi connectivity index (χ1v) is 8.13. The second kappa shape index (κ2) is 6.56. The Morgan fingerprint density at radius 1 is 1.45 bits per heavy atom. The molecule has 2 heterocycles. The van der Waals surface area contributed by atoms with Crippen molar-refractivity contribution in [2.75, 3.05) is 32.1 Å². The Morgan fingerprint density at radius 2 is 2.27 bits per heavy atom. The lowest BCUT2D eigenvalue weighted by Crippen LogP contribution is -2.58. The molecule has 0 aliphatic carbocycles. The van der Waals surface area contributed by atoms with E-state index in [1.54, 1.807) is 6.20 Å². The highest BCUT2D eigenvalue weighted by Crippen LogP contribution is 2.25. The third-order valence-electron chi connectivity index (χ3n) is 3.78. The van der Waals surface area contributed by atoms with E-state index in [1.807, 2.05) is 42.8 Å². The number of carbonyl (C=O) groups excluding carboxylic acids is 1. The first-order chi connectivity index (χ1) is 10.7. The molecule has 116 valence electrons. The number of ether oxygens (including phenoxy) is 1. The van der Waals surface area contributed by atoms with Crippen LogP contribution in [-0.2, 0) is 16.0 Å². The average molecular weight is 317 g/mol. The third-order valence-corrected chi connectivity index (χ3v) is 4.46. The highest BCUT2D eigenvalue weighted by Gasteiger charge is 2.43. The Labute approximate surface area is 133 Å². The third kappa shape index (κ3) is 3.35. The molecule has 1 unspecified atom stereocenters. The molecule has 0 spiro atoms. The summed E-state index contributed by atoms with van der Waals surface area (Å²) < 4.78 is 5.97. The lowest BCUT2D eigenvalue weighted by atomic mass is 9.91. The van der Waals surface area contributed by atoms with Crippen LogP contribution in [0.4, 0.5) is 5.13 Å². The minimum atomic E-state index is -0.875. The number of morpholine rings is 1. The summed E-state index contributed by atoms with van der Waals surface area (Å²) in [4.78, 5) is 19.1. The number of rotatable bonds is 4. The van der Waals surface area contributed by atoms with Crippen LogP contribution >= 0.6 is 11.3 Å². The molecule has 6 heteroatoms. The highest BCUT2D eigenvalue weighted by molar-refractivity contribution is 7.13. The number of nitrogens with zero attached hydrogens (tertiary/aromatic N) is 2. The summed E-state index contributed by atoms with van der Waals surface area (Å²) in [5.41, 5.74) is 0.215. The summed E-state index contributed by atoms with van der Waals surface area (Å²) in [5, 5.41) is 5.34. The van der Waals surface area contributed by atoms with Crippen LogP contribution in [0.15, 0.2) is 41.9 Å². The number of hydrogen-bond acceptors (Lipinski definition) is 5. The molecular formula is C16H19N3O2S. The van der Waals surface area contributed by atoms with Gasteiger partial charge in [0.25, 0.3) is 5.91 Å². The molecule has 1 aliphatic heterocycles.